The van der Waals surface area contributed by atoms with Crippen molar-refractivity contribution in [2.45, 2.75) is 43.7 Å². The molecular weight excluding hydrogens is 277 g/mol. The van der Waals surface area contributed by atoms with E-state index >= 15 is 0 Å². The van der Waals surface area contributed by atoms with Gasteiger partial charge in [0.15, 0.2) is 0 Å². The van der Waals surface area contributed by atoms with Crippen LogP contribution in [0.2, 0.25) is 5.02 Å². The number of rotatable bonds is 5. The fourth-order valence-corrected chi connectivity index (χ4v) is 3.67. The summed E-state index contributed by atoms with van der Waals surface area (Å²) in [6.45, 7) is 0. The first kappa shape index (κ1) is 15.7. The second-order valence-electron chi connectivity index (χ2n) is 5.83. The van der Waals surface area contributed by atoms with Crippen LogP contribution in [0.25, 0.3) is 0 Å². The molecule has 0 aliphatic heterocycles. The fourth-order valence-electron chi connectivity index (χ4n) is 3.43. The lowest BCUT2D eigenvalue weighted by atomic mass is 9.83. The molecule has 1 aromatic carbocycles. The molecule has 20 heavy (non-hydrogen) atoms. The number of hydrazine groups is 1. The summed E-state index contributed by atoms with van der Waals surface area (Å²) in [5.41, 5.74) is 3.42. The molecule has 0 aromatic heterocycles. The van der Waals surface area contributed by atoms with Crippen molar-refractivity contribution in [3.05, 3.63) is 34.6 Å². The zero-order valence-corrected chi connectivity index (χ0v) is 12.9. The number of hydrogen-bond acceptors (Lipinski definition) is 3. The Morgan fingerprint density at radius 3 is 2.55 bits per heavy atom. The summed E-state index contributed by atoms with van der Waals surface area (Å²) in [5.74, 6) is 5.52. The third-order valence-corrected chi connectivity index (χ3v) is 5.03. The quantitative estimate of drug-likeness (QED) is 0.649. The van der Waals surface area contributed by atoms with Crippen molar-refractivity contribution >= 4 is 11.6 Å². The molecule has 1 unspecified atom stereocenters. The first-order valence-corrected chi connectivity index (χ1v) is 7.45. The summed E-state index contributed by atoms with van der Waals surface area (Å²) in [6, 6.07) is 4.79. The molecule has 1 aliphatic rings. The molecule has 2 rings (SSSR count). The number of halogens is 2. The van der Waals surface area contributed by atoms with Crippen LogP contribution in [0.1, 0.15) is 31.2 Å². The number of benzene rings is 1. The maximum absolute atomic E-state index is 14.0. The lowest BCUT2D eigenvalue weighted by molar-refractivity contribution is 0.104. The minimum Gasteiger partial charge on any atom is -0.302 e. The summed E-state index contributed by atoms with van der Waals surface area (Å²) in [5, 5.41) is 0.470. The van der Waals surface area contributed by atoms with E-state index in [0.717, 1.165) is 12.8 Å². The first-order valence-electron chi connectivity index (χ1n) is 7.07. The molecule has 0 amide bonds. The summed E-state index contributed by atoms with van der Waals surface area (Å²) in [7, 11) is 4.14. The topological polar surface area (TPSA) is 41.3 Å². The van der Waals surface area contributed by atoms with Gasteiger partial charge in [0, 0.05) is 22.2 Å². The van der Waals surface area contributed by atoms with E-state index in [2.05, 4.69) is 24.4 Å². The standard InChI is InChI=1S/C15H23ClFN3/c1-20(2)15(8-3-4-9-15)14(19-18)10-11-12(16)6-5-7-13(11)17/h5-7,14,19H,3-4,8-10,18H2,1-2H3. The molecule has 3 nitrogen and oxygen atoms in total. The zero-order valence-electron chi connectivity index (χ0n) is 12.1. The number of nitrogens with one attached hydrogen (secondary N) is 1. The van der Waals surface area contributed by atoms with Crippen LogP contribution in [0.3, 0.4) is 0 Å². The Morgan fingerprint density at radius 2 is 2.05 bits per heavy atom. The second kappa shape index (κ2) is 6.39. The average molecular weight is 300 g/mol. The van der Waals surface area contributed by atoms with Crippen molar-refractivity contribution in [1.82, 2.24) is 10.3 Å². The monoisotopic (exact) mass is 299 g/mol. The van der Waals surface area contributed by atoms with E-state index in [0.29, 0.717) is 17.0 Å². The largest absolute Gasteiger partial charge is 0.302 e. The van der Waals surface area contributed by atoms with Crippen LogP contribution in [0.4, 0.5) is 4.39 Å². The van der Waals surface area contributed by atoms with E-state index in [9.17, 15) is 4.39 Å². The van der Waals surface area contributed by atoms with E-state index in [1.807, 2.05) is 0 Å². The third kappa shape index (κ3) is 2.84. The molecule has 1 atom stereocenters. The van der Waals surface area contributed by atoms with Crippen LogP contribution in [-0.2, 0) is 6.42 Å². The minimum absolute atomic E-state index is 0.0191. The molecule has 1 saturated carbocycles. The highest BCUT2D eigenvalue weighted by atomic mass is 35.5. The number of hydrogen-bond donors (Lipinski definition) is 2. The van der Waals surface area contributed by atoms with E-state index in [4.69, 9.17) is 17.4 Å². The van der Waals surface area contributed by atoms with Crippen molar-refractivity contribution < 1.29 is 4.39 Å². The Bertz CT molecular complexity index is 438. The third-order valence-electron chi connectivity index (χ3n) is 4.68. The second-order valence-corrected chi connectivity index (χ2v) is 6.24. The molecule has 1 aliphatic carbocycles. The lowest BCUT2D eigenvalue weighted by Gasteiger charge is -2.43. The van der Waals surface area contributed by atoms with Crippen molar-refractivity contribution in [2.24, 2.45) is 5.84 Å². The van der Waals surface area contributed by atoms with Gasteiger partial charge in [0.1, 0.15) is 5.82 Å². The maximum Gasteiger partial charge on any atom is 0.127 e. The van der Waals surface area contributed by atoms with Gasteiger partial charge < -0.3 is 4.90 Å². The van der Waals surface area contributed by atoms with Gasteiger partial charge in [-0.3, -0.25) is 11.3 Å². The Hall–Kier alpha value is -0.680. The molecule has 5 heteroatoms. The van der Waals surface area contributed by atoms with Crippen molar-refractivity contribution in [1.29, 1.82) is 0 Å². The van der Waals surface area contributed by atoms with Crippen molar-refractivity contribution in [3.8, 4) is 0 Å². The Morgan fingerprint density at radius 1 is 1.40 bits per heavy atom. The highest BCUT2D eigenvalue weighted by molar-refractivity contribution is 6.31. The predicted molar refractivity (Wildman–Crippen MR) is 81.1 cm³/mol. The van der Waals surface area contributed by atoms with Crippen LogP contribution < -0.4 is 11.3 Å². The molecule has 0 radical (unpaired) electrons. The molecule has 112 valence electrons. The molecule has 0 spiro atoms. The zero-order chi connectivity index (χ0) is 14.8. The van der Waals surface area contributed by atoms with Gasteiger partial charge in [-0.2, -0.15) is 0 Å². The highest BCUT2D eigenvalue weighted by Gasteiger charge is 2.43. The summed E-state index contributed by atoms with van der Waals surface area (Å²) in [4.78, 5) is 2.22. The molecule has 0 heterocycles. The number of likely N-dealkylation sites (N-methyl/N-ethyl adjacent to an activating group) is 1. The van der Waals surface area contributed by atoms with Gasteiger partial charge in [-0.05, 0) is 45.5 Å². The van der Waals surface area contributed by atoms with Crippen molar-refractivity contribution in [3.63, 3.8) is 0 Å². The molecule has 3 N–H and O–H groups in total. The van der Waals surface area contributed by atoms with Crippen LogP contribution in [0.5, 0.6) is 0 Å². The maximum atomic E-state index is 14.0. The lowest BCUT2D eigenvalue weighted by Crippen LogP contribution is -2.60. The van der Waals surface area contributed by atoms with Gasteiger partial charge >= 0.3 is 0 Å². The van der Waals surface area contributed by atoms with E-state index in [-0.39, 0.29) is 17.4 Å². The fraction of sp³-hybridized carbons (Fsp3) is 0.600. The minimum atomic E-state index is -0.260. The first-order chi connectivity index (χ1) is 9.51. The van der Waals surface area contributed by atoms with Crippen LogP contribution in [0.15, 0.2) is 18.2 Å². The Labute approximate surface area is 125 Å². The molecule has 0 saturated heterocycles. The Kier molecular flexibility index (Phi) is 5.02. The summed E-state index contributed by atoms with van der Waals surface area (Å²) >= 11 is 6.14. The summed E-state index contributed by atoms with van der Waals surface area (Å²) in [6.07, 6.45) is 5.00. The van der Waals surface area contributed by atoms with Crippen LogP contribution in [0, 0.1) is 5.82 Å². The predicted octanol–water partition coefficient (Wildman–Crippen LogP) is 2.73. The van der Waals surface area contributed by atoms with Gasteiger partial charge in [-0.1, -0.05) is 30.5 Å². The molecular formula is C15H23ClFN3. The van der Waals surface area contributed by atoms with Crippen LogP contribution >= 0.6 is 11.6 Å². The van der Waals surface area contributed by atoms with E-state index in [1.165, 1.54) is 18.9 Å². The molecule has 0 bridgehead atoms. The van der Waals surface area contributed by atoms with Gasteiger partial charge in [-0.25, -0.2) is 4.39 Å². The van der Waals surface area contributed by atoms with Gasteiger partial charge in [0.2, 0.25) is 0 Å². The Balaban J connectivity index is 2.28. The number of nitrogens with two attached hydrogens (primary N) is 1. The normalized spacial score (nSPS) is 19.5. The van der Waals surface area contributed by atoms with E-state index < -0.39 is 0 Å². The smallest absolute Gasteiger partial charge is 0.127 e. The van der Waals surface area contributed by atoms with Gasteiger partial charge in [0.25, 0.3) is 0 Å². The van der Waals surface area contributed by atoms with Gasteiger partial charge in [0.05, 0.1) is 0 Å². The average Bonchev–Trinajstić information content (AvgIpc) is 2.89. The number of nitrogens with zero attached hydrogens (tertiary/aromatic N) is 1. The van der Waals surface area contributed by atoms with Crippen LogP contribution in [-0.4, -0.2) is 30.6 Å². The highest BCUT2D eigenvalue weighted by Crippen LogP contribution is 2.38. The van der Waals surface area contributed by atoms with E-state index in [1.54, 1.807) is 12.1 Å². The SMILES string of the molecule is CN(C)C1(C(Cc2c(F)cccc2Cl)NN)CCCC1. The summed E-state index contributed by atoms with van der Waals surface area (Å²) < 4.78 is 14.0. The molecule has 1 aromatic rings. The molecule has 1 fully saturated rings. The van der Waals surface area contributed by atoms with Gasteiger partial charge in [-0.15, -0.1) is 0 Å². The van der Waals surface area contributed by atoms with Crippen molar-refractivity contribution in [2.75, 3.05) is 14.1 Å².